The van der Waals surface area contributed by atoms with Gasteiger partial charge in [0.15, 0.2) is 0 Å². The Hall–Kier alpha value is -0.610. The average molecular weight is 186 g/mol. The van der Waals surface area contributed by atoms with Crippen molar-refractivity contribution < 1.29 is 9.53 Å². The lowest BCUT2D eigenvalue weighted by Gasteiger charge is -2.28. The first-order chi connectivity index (χ1) is 6.15. The summed E-state index contributed by atoms with van der Waals surface area (Å²) in [4.78, 5) is 11.1. The highest BCUT2D eigenvalue weighted by molar-refractivity contribution is 5.75. The molecule has 1 fully saturated rings. The monoisotopic (exact) mass is 186 g/mol. The summed E-state index contributed by atoms with van der Waals surface area (Å²) >= 11 is 0. The molecule has 0 aromatic heterocycles. The number of rotatable bonds is 2. The summed E-state index contributed by atoms with van der Waals surface area (Å²) in [6.07, 6.45) is 3.82. The van der Waals surface area contributed by atoms with E-state index in [1.807, 2.05) is 0 Å². The summed E-state index contributed by atoms with van der Waals surface area (Å²) in [5, 5.41) is 0. The van der Waals surface area contributed by atoms with E-state index < -0.39 is 6.04 Å². The van der Waals surface area contributed by atoms with Crippen LogP contribution in [-0.4, -0.2) is 25.2 Å². The second-order valence-electron chi connectivity index (χ2n) is 3.72. The van der Waals surface area contributed by atoms with Crippen molar-refractivity contribution in [2.45, 2.75) is 37.8 Å². The van der Waals surface area contributed by atoms with Gasteiger partial charge in [0.25, 0.3) is 0 Å². The molecule has 0 aromatic carbocycles. The SMILES string of the molecule is COC(=O)[C@H](N)C1CCC(N)CC1. The minimum atomic E-state index is -0.461. The Morgan fingerprint density at radius 2 is 1.92 bits per heavy atom. The maximum Gasteiger partial charge on any atom is 0.322 e. The summed E-state index contributed by atoms with van der Waals surface area (Å²) in [6.45, 7) is 0. The van der Waals surface area contributed by atoms with Crippen molar-refractivity contribution in [1.29, 1.82) is 0 Å². The molecule has 0 aliphatic heterocycles. The summed E-state index contributed by atoms with van der Waals surface area (Å²) < 4.78 is 4.60. The Bertz CT molecular complexity index is 176. The number of carbonyl (C=O) groups is 1. The van der Waals surface area contributed by atoms with Gasteiger partial charge >= 0.3 is 5.97 Å². The Morgan fingerprint density at radius 3 is 2.38 bits per heavy atom. The Morgan fingerprint density at radius 1 is 1.38 bits per heavy atom. The molecule has 0 bridgehead atoms. The van der Waals surface area contributed by atoms with E-state index in [2.05, 4.69) is 4.74 Å². The first kappa shape index (κ1) is 10.5. The van der Waals surface area contributed by atoms with Crippen LogP contribution in [0.5, 0.6) is 0 Å². The van der Waals surface area contributed by atoms with Crippen LogP contribution in [0, 0.1) is 5.92 Å². The molecule has 4 N–H and O–H groups in total. The number of hydrogen-bond acceptors (Lipinski definition) is 4. The van der Waals surface area contributed by atoms with Crippen molar-refractivity contribution in [3.05, 3.63) is 0 Å². The molecular weight excluding hydrogens is 168 g/mol. The number of ether oxygens (including phenoxy) is 1. The van der Waals surface area contributed by atoms with Crippen molar-refractivity contribution >= 4 is 5.97 Å². The molecule has 0 heterocycles. The number of carbonyl (C=O) groups excluding carboxylic acids is 1. The quantitative estimate of drug-likeness (QED) is 0.595. The standard InChI is InChI=1S/C9H18N2O2/c1-13-9(12)8(11)6-2-4-7(10)5-3-6/h6-8H,2-5,10-11H2,1H3/t6?,7?,8-/m1/s1. The highest BCUT2D eigenvalue weighted by atomic mass is 16.5. The van der Waals surface area contributed by atoms with Gasteiger partial charge in [0.1, 0.15) is 6.04 Å². The maximum absolute atomic E-state index is 11.1. The Kier molecular flexibility index (Phi) is 3.69. The first-order valence-corrected chi connectivity index (χ1v) is 4.74. The molecule has 4 heteroatoms. The van der Waals surface area contributed by atoms with E-state index in [4.69, 9.17) is 11.5 Å². The minimum Gasteiger partial charge on any atom is -0.468 e. The second kappa shape index (κ2) is 4.58. The van der Waals surface area contributed by atoms with Gasteiger partial charge in [0, 0.05) is 6.04 Å². The van der Waals surface area contributed by atoms with Crippen LogP contribution in [0.15, 0.2) is 0 Å². The molecule has 0 aromatic rings. The largest absolute Gasteiger partial charge is 0.468 e. The van der Waals surface area contributed by atoms with Crippen molar-refractivity contribution in [3.8, 4) is 0 Å². The molecule has 0 spiro atoms. The van der Waals surface area contributed by atoms with E-state index in [1.165, 1.54) is 7.11 Å². The van der Waals surface area contributed by atoms with Crippen LogP contribution in [0.25, 0.3) is 0 Å². The van der Waals surface area contributed by atoms with Crippen molar-refractivity contribution in [1.82, 2.24) is 0 Å². The fraction of sp³-hybridized carbons (Fsp3) is 0.889. The molecule has 1 aliphatic carbocycles. The van der Waals surface area contributed by atoms with E-state index in [9.17, 15) is 4.79 Å². The molecular formula is C9H18N2O2. The highest BCUT2D eigenvalue weighted by Gasteiger charge is 2.28. The lowest BCUT2D eigenvalue weighted by molar-refractivity contribution is -0.143. The van der Waals surface area contributed by atoms with Crippen LogP contribution < -0.4 is 11.5 Å². The van der Waals surface area contributed by atoms with Gasteiger partial charge in [-0.15, -0.1) is 0 Å². The summed E-state index contributed by atoms with van der Waals surface area (Å²) in [7, 11) is 1.37. The number of hydrogen-bond donors (Lipinski definition) is 2. The second-order valence-corrected chi connectivity index (χ2v) is 3.72. The van der Waals surface area contributed by atoms with E-state index in [-0.39, 0.29) is 11.9 Å². The topological polar surface area (TPSA) is 78.3 Å². The van der Waals surface area contributed by atoms with Gasteiger partial charge in [-0.2, -0.15) is 0 Å². The van der Waals surface area contributed by atoms with Gasteiger partial charge in [0.2, 0.25) is 0 Å². The molecule has 1 rings (SSSR count). The molecule has 13 heavy (non-hydrogen) atoms. The number of methoxy groups -OCH3 is 1. The molecule has 1 atom stereocenters. The van der Waals surface area contributed by atoms with Crippen LogP contribution >= 0.6 is 0 Å². The molecule has 0 amide bonds. The van der Waals surface area contributed by atoms with Crippen LogP contribution in [-0.2, 0) is 9.53 Å². The van der Waals surface area contributed by atoms with E-state index in [1.54, 1.807) is 0 Å². The molecule has 0 unspecified atom stereocenters. The summed E-state index contributed by atoms with van der Waals surface area (Å²) in [5.74, 6) is -0.0484. The Balaban J connectivity index is 2.39. The predicted octanol–water partition coefficient (Wildman–Crippen LogP) is 0.00420. The van der Waals surface area contributed by atoms with Crippen molar-refractivity contribution in [2.75, 3.05) is 7.11 Å². The van der Waals surface area contributed by atoms with E-state index in [0.717, 1.165) is 25.7 Å². The molecule has 76 valence electrons. The fourth-order valence-corrected chi connectivity index (χ4v) is 1.83. The zero-order valence-electron chi connectivity index (χ0n) is 8.03. The zero-order chi connectivity index (χ0) is 9.84. The van der Waals surface area contributed by atoms with Gasteiger partial charge in [-0.25, -0.2) is 0 Å². The van der Waals surface area contributed by atoms with E-state index >= 15 is 0 Å². The summed E-state index contributed by atoms with van der Waals surface area (Å²) in [6, 6.07) is -0.168. The minimum absolute atomic E-state index is 0.257. The molecule has 0 radical (unpaired) electrons. The zero-order valence-corrected chi connectivity index (χ0v) is 8.03. The maximum atomic E-state index is 11.1. The van der Waals surface area contributed by atoms with E-state index in [0.29, 0.717) is 6.04 Å². The van der Waals surface area contributed by atoms with Gasteiger partial charge < -0.3 is 16.2 Å². The molecule has 4 nitrogen and oxygen atoms in total. The highest BCUT2D eigenvalue weighted by Crippen LogP contribution is 2.25. The van der Waals surface area contributed by atoms with Crippen LogP contribution in [0.1, 0.15) is 25.7 Å². The summed E-state index contributed by atoms with van der Waals surface area (Å²) in [5.41, 5.74) is 11.5. The Labute approximate surface area is 78.6 Å². The lowest BCUT2D eigenvalue weighted by atomic mass is 9.82. The van der Waals surface area contributed by atoms with Crippen LogP contribution in [0.2, 0.25) is 0 Å². The smallest absolute Gasteiger partial charge is 0.322 e. The average Bonchev–Trinajstić information content (AvgIpc) is 2.17. The van der Waals surface area contributed by atoms with Gasteiger partial charge in [-0.3, -0.25) is 4.79 Å². The van der Waals surface area contributed by atoms with Crippen molar-refractivity contribution in [3.63, 3.8) is 0 Å². The lowest BCUT2D eigenvalue weighted by Crippen LogP contribution is -2.42. The molecule has 1 aliphatic rings. The van der Waals surface area contributed by atoms with Crippen molar-refractivity contribution in [2.24, 2.45) is 17.4 Å². The number of esters is 1. The fourth-order valence-electron chi connectivity index (χ4n) is 1.83. The number of nitrogens with two attached hydrogens (primary N) is 2. The van der Waals surface area contributed by atoms with Gasteiger partial charge in [0.05, 0.1) is 7.11 Å². The van der Waals surface area contributed by atoms with Crippen LogP contribution in [0.4, 0.5) is 0 Å². The predicted molar refractivity (Wildman–Crippen MR) is 49.9 cm³/mol. The third-order valence-corrected chi connectivity index (χ3v) is 2.80. The van der Waals surface area contributed by atoms with Gasteiger partial charge in [-0.05, 0) is 31.6 Å². The van der Waals surface area contributed by atoms with Gasteiger partial charge in [-0.1, -0.05) is 0 Å². The molecule has 0 saturated heterocycles. The third-order valence-electron chi connectivity index (χ3n) is 2.80. The third kappa shape index (κ3) is 2.67. The normalized spacial score (nSPS) is 31.0. The first-order valence-electron chi connectivity index (χ1n) is 4.74. The molecule has 1 saturated carbocycles. The van der Waals surface area contributed by atoms with Crippen LogP contribution in [0.3, 0.4) is 0 Å².